The summed E-state index contributed by atoms with van der Waals surface area (Å²) in [6.45, 7) is 7.28. The summed E-state index contributed by atoms with van der Waals surface area (Å²) in [4.78, 5) is 39.4. The lowest BCUT2D eigenvalue weighted by Crippen LogP contribution is -2.49. The number of nitrogens with one attached hydrogen (secondary N) is 2. The van der Waals surface area contributed by atoms with Crippen LogP contribution in [-0.2, 0) is 4.79 Å². The van der Waals surface area contributed by atoms with E-state index in [0.717, 1.165) is 38.4 Å². The molecule has 5 heterocycles. The summed E-state index contributed by atoms with van der Waals surface area (Å²) >= 11 is 1.33. The van der Waals surface area contributed by atoms with Crippen molar-refractivity contribution in [3.05, 3.63) is 34.7 Å². The van der Waals surface area contributed by atoms with Gasteiger partial charge in [-0.15, -0.1) is 0 Å². The molecule has 4 aromatic heterocycles. The van der Waals surface area contributed by atoms with Gasteiger partial charge in [0.25, 0.3) is 5.91 Å². The normalized spacial score (nSPS) is 14.8. The fourth-order valence-corrected chi connectivity index (χ4v) is 4.90. The lowest BCUT2D eigenvalue weighted by molar-refractivity contribution is -0.123. The largest absolute Gasteiger partial charge is 0.353 e. The number of amides is 2. The van der Waals surface area contributed by atoms with Crippen LogP contribution in [0.15, 0.2) is 18.6 Å². The van der Waals surface area contributed by atoms with Gasteiger partial charge in [0.05, 0.1) is 12.2 Å². The van der Waals surface area contributed by atoms with E-state index in [1.165, 1.54) is 11.3 Å². The van der Waals surface area contributed by atoms with Crippen molar-refractivity contribution in [1.29, 1.82) is 0 Å². The van der Waals surface area contributed by atoms with Crippen molar-refractivity contribution in [3.63, 3.8) is 0 Å². The van der Waals surface area contributed by atoms with Crippen LogP contribution in [0.2, 0.25) is 0 Å². The number of carbonyl (C=O) groups excluding carboxylic acids is 2. The quantitative estimate of drug-likeness (QED) is 0.526. The molecule has 0 aliphatic carbocycles. The van der Waals surface area contributed by atoms with Gasteiger partial charge in [-0.1, -0.05) is 25.2 Å². The summed E-state index contributed by atoms with van der Waals surface area (Å²) in [5, 5.41) is 7.42. The van der Waals surface area contributed by atoms with Gasteiger partial charge < -0.3 is 15.2 Å². The van der Waals surface area contributed by atoms with Crippen LogP contribution in [0.25, 0.3) is 27.3 Å². The number of carbonyl (C=O) groups is 2. The Morgan fingerprint density at radius 1 is 1.33 bits per heavy atom. The second-order valence-electron chi connectivity index (χ2n) is 7.78. The number of piperazine rings is 1. The van der Waals surface area contributed by atoms with Gasteiger partial charge in [0.2, 0.25) is 5.91 Å². The van der Waals surface area contributed by atoms with Gasteiger partial charge >= 0.3 is 0 Å². The molecule has 4 aromatic rings. The van der Waals surface area contributed by atoms with Gasteiger partial charge in [-0.2, -0.15) is 5.10 Å². The molecule has 10 heteroatoms. The number of aromatic nitrogens is 5. The molecule has 0 radical (unpaired) electrons. The molecule has 1 aliphatic heterocycles. The van der Waals surface area contributed by atoms with Crippen molar-refractivity contribution in [2.45, 2.75) is 26.7 Å². The third-order valence-electron chi connectivity index (χ3n) is 5.32. The molecule has 1 saturated heterocycles. The fourth-order valence-electron chi connectivity index (χ4n) is 3.95. The molecule has 30 heavy (non-hydrogen) atoms. The maximum Gasteiger partial charge on any atom is 0.283 e. The van der Waals surface area contributed by atoms with E-state index in [4.69, 9.17) is 0 Å². The smallest absolute Gasteiger partial charge is 0.283 e. The van der Waals surface area contributed by atoms with E-state index in [-0.39, 0.29) is 24.3 Å². The highest BCUT2D eigenvalue weighted by molar-refractivity contribution is 7.20. The number of H-pyrrole nitrogens is 1. The molecule has 1 fully saturated rings. The van der Waals surface area contributed by atoms with Crippen LogP contribution >= 0.6 is 11.3 Å². The average molecular weight is 424 g/mol. The van der Waals surface area contributed by atoms with Crippen molar-refractivity contribution in [3.8, 4) is 11.3 Å². The molecule has 2 N–H and O–H groups in total. The van der Waals surface area contributed by atoms with Crippen molar-refractivity contribution in [2.75, 3.05) is 19.6 Å². The topological polar surface area (TPSA) is 108 Å². The standard InChI is InChI=1S/C20H21N7O2S/c1-10(2)14-15(12-6-11(3)17-22-9-23-27(17)7-12)24-18-16(14)25-19(30-18)20(29)26-5-4-21-13(28)8-26/h6-7,9-10,24H,4-5,8H2,1-3H3,(H,21,28). The Bertz CT molecular complexity index is 1300. The second-order valence-corrected chi connectivity index (χ2v) is 8.78. The van der Waals surface area contributed by atoms with Crippen LogP contribution in [0.5, 0.6) is 0 Å². The zero-order valence-electron chi connectivity index (χ0n) is 16.9. The Morgan fingerprint density at radius 2 is 2.17 bits per heavy atom. The molecule has 0 spiro atoms. The minimum Gasteiger partial charge on any atom is -0.353 e. The summed E-state index contributed by atoms with van der Waals surface area (Å²) in [6.07, 6.45) is 3.50. The number of thiazole rings is 1. The number of nitrogens with zero attached hydrogens (tertiary/aromatic N) is 5. The molecule has 154 valence electrons. The van der Waals surface area contributed by atoms with Crippen molar-refractivity contribution >= 4 is 39.1 Å². The Balaban J connectivity index is 1.59. The van der Waals surface area contributed by atoms with E-state index < -0.39 is 0 Å². The van der Waals surface area contributed by atoms with Crippen molar-refractivity contribution in [1.82, 2.24) is 34.8 Å². The first-order valence-corrected chi connectivity index (χ1v) is 10.6. The van der Waals surface area contributed by atoms with Gasteiger partial charge in [-0.25, -0.2) is 14.5 Å². The second kappa shape index (κ2) is 6.91. The number of aromatic amines is 1. The Labute approximate surface area is 176 Å². The zero-order valence-corrected chi connectivity index (χ0v) is 17.7. The van der Waals surface area contributed by atoms with E-state index in [1.807, 2.05) is 13.1 Å². The summed E-state index contributed by atoms with van der Waals surface area (Å²) < 4.78 is 1.77. The highest BCUT2D eigenvalue weighted by Gasteiger charge is 2.27. The fraction of sp³-hybridized carbons (Fsp3) is 0.350. The summed E-state index contributed by atoms with van der Waals surface area (Å²) in [5.74, 6) is -0.136. The molecule has 0 saturated carbocycles. The van der Waals surface area contributed by atoms with Gasteiger partial charge in [0.1, 0.15) is 16.7 Å². The van der Waals surface area contributed by atoms with E-state index in [1.54, 1.807) is 15.7 Å². The first kappa shape index (κ1) is 18.7. The van der Waals surface area contributed by atoms with E-state index in [0.29, 0.717) is 18.1 Å². The minimum absolute atomic E-state index is 0.0752. The third-order valence-corrected chi connectivity index (χ3v) is 6.28. The number of fused-ring (bicyclic) bond motifs is 2. The first-order chi connectivity index (χ1) is 14.4. The van der Waals surface area contributed by atoms with Crippen LogP contribution in [0, 0.1) is 6.92 Å². The molecular formula is C20H21N7O2S. The van der Waals surface area contributed by atoms with Crippen molar-refractivity contribution < 1.29 is 9.59 Å². The number of pyridine rings is 1. The van der Waals surface area contributed by atoms with Crippen LogP contribution in [0.4, 0.5) is 0 Å². The number of rotatable bonds is 3. The maximum atomic E-state index is 12.9. The number of hydrogen-bond acceptors (Lipinski definition) is 6. The summed E-state index contributed by atoms with van der Waals surface area (Å²) in [6, 6.07) is 2.09. The average Bonchev–Trinajstić information content (AvgIpc) is 3.40. The number of hydrogen-bond donors (Lipinski definition) is 2. The lowest BCUT2D eigenvalue weighted by Gasteiger charge is -2.25. The van der Waals surface area contributed by atoms with E-state index in [2.05, 4.69) is 45.3 Å². The number of aryl methyl sites for hydroxylation is 1. The molecule has 0 bridgehead atoms. The highest BCUT2D eigenvalue weighted by atomic mass is 32.1. The van der Waals surface area contributed by atoms with E-state index in [9.17, 15) is 9.59 Å². The highest BCUT2D eigenvalue weighted by Crippen LogP contribution is 2.38. The van der Waals surface area contributed by atoms with Crippen LogP contribution in [0.3, 0.4) is 0 Å². The monoisotopic (exact) mass is 423 g/mol. The first-order valence-electron chi connectivity index (χ1n) is 9.81. The molecule has 0 aromatic carbocycles. The maximum absolute atomic E-state index is 12.9. The molecular weight excluding hydrogens is 402 g/mol. The van der Waals surface area contributed by atoms with E-state index >= 15 is 0 Å². The lowest BCUT2D eigenvalue weighted by atomic mass is 9.99. The molecule has 1 aliphatic rings. The molecule has 0 unspecified atom stereocenters. The van der Waals surface area contributed by atoms with Crippen LogP contribution < -0.4 is 5.32 Å². The van der Waals surface area contributed by atoms with Crippen LogP contribution in [0.1, 0.15) is 40.7 Å². The van der Waals surface area contributed by atoms with Gasteiger partial charge in [-0.05, 0) is 24.5 Å². The van der Waals surface area contributed by atoms with Gasteiger partial charge in [0.15, 0.2) is 10.7 Å². The Hall–Kier alpha value is -3.27. The van der Waals surface area contributed by atoms with Crippen molar-refractivity contribution in [2.24, 2.45) is 0 Å². The van der Waals surface area contributed by atoms with Crippen LogP contribution in [-0.4, -0.2) is 60.9 Å². The molecule has 2 amide bonds. The Morgan fingerprint density at radius 3 is 2.93 bits per heavy atom. The summed E-state index contributed by atoms with van der Waals surface area (Å²) in [7, 11) is 0. The predicted octanol–water partition coefficient (Wildman–Crippen LogP) is 2.34. The molecule has 9 nitrogen and oxygen atoms in total. The predicted molar refractivity (Wildman–Crippen MR) is 114 cm³/mol. The molecule has 5 rings (SSSR count). The zero-order chi connectivity index (χ0) is 21.0. The summed E-state index contributed by atoms with van der Waals surface area (Å²) in [5.41, 5.74) is 5.72. The minimum atomic E-state index is -0.199. The van der Waals surface area contributed by atoms with Gasteiger partial charge in [-0.3, -0.25) is 9.59 Å². The SMILES string of the molecule is Cc1cc(-c2[nH]c3sc(C(=O)N4CCNC(=O)C4)nc3c2C(C)C)cn2ncnc12. The third kappa shape index (κ3) is 2.95. The molecule has 0 atom stereocenters. The van der Waals surface area contributed by atoms with Gasteiger partial charge in [0, 0.05) is 30.4 Å². The Kier molecular flexibility index (Phi) is 4.31.